The summed E-state index contributed by atoms with van der Waals surface area (Å²) in [5.41, 5.74) is 0.931. The van der Waals surface area contributed by atoms with Crippen LogP contribution in [-0.2, 0) is 19.6 Å². The molecule has 2 fully saturated rings. The number of piperazine rings is 1. The van der Waals surface area contributed by atoms with Gasteiger partial charge in [-0.05, 0) is 55.7 Å². The summed E-state index contributed by atoms with van der Waals surface area (Å²) in [6.07, 6.45) is 1.68. The van der Waals surface area contributed by atoms with Crippen LogP contribution < -0.4 is 10.2 Å². The number of nitrogens with one attached hydrogen (secondary N) is 1. The van der Waals surface area contributed by atoms with Gasteiger partial charge in [0.15, 0.2) is 0 Å². The summed E-state index contributed by atoms with van der Waals surface area (Å²) in [4.78, 5) is 29.9. The minimum absolute atomic E-state index is 0.0414. The zero-order valence-corrected chi connectivity index (χ0v) is 21.1. The van der Waals surface area contributed by atoms with Crippen LogP contribution in [0.4, 0.5) is 10.1 Å². The quantitative estimate of drug-likeness (QED) is 0.675. The molecule has 0 saturated carbocycles. The highest BCUT2D eigenvalue weighted by molar-refractivity contribution is 7.89. The molecule has 2 amide bonds. The maximum atomic E-state index is 13.4. The van der Waals surface area contributed by atoms with Gasteiger partial charge in [0.25, 0.3) is 0 Å². The Kier molecular flexibility index (Phi) is 8.58. The van der Waals surface area contributed by atoms with Gasteiger partial charge in [-0.1, -0.05) is 18.2 Å². The summed E-state index contributed by atoms with van der Waals surface area (Å²) in [5, 5.41) is 2.84. The molecule has 0 spiro atoms. The Balaban J connectivity index is 1.39. The van der Waals surface area contributed by atoms with Crippen LogP contribution in [0.25, 0.3) is 0 Å². The second-order valence-electron chi connectivity index (χ2n) is 9.23. The van der Waals surface area contributed by atoms with Gasteiger partial charge in [0.1, 0.15) is 5.82 Å². The van der Waals surface area contributed by atoms with E-state index in [-0.39, 0.29) is 48.0 Å². The van der Waals surface area contributed by atoms with Crippen LogP contribution in [0.1, 0.15) is 25.7 Å². The van der Waals surface area contributed by atoms with Gasteiger partial charge in [-0.15, -0.1) is 0 Å². The van der Waals surface area contributed by atoms with Gasteiger partial charge in [0.2, 0.25) is 21.8 Å². The van der Waals surface area contributed by atoms with Crippen LogP contribution in [0.2, 0.25) is 0 Å². The highest BCUT2D eigenvalue weighted by atomic mass is 32.2. The topological polar surface area (TPSA) is 90.0 Å². The summed E-state index contributed by atoms with van der Waals surface area (Å²) < 4.78 is 40.9. The number of carbonyl (C=O) groups excluding carboxylic acids is 2. The average molecular weight is 517 g/mol. The van der Waals surface area contributed by atoms with Crippen molar-refractivity contribution in [1.82, 2.24) is 14.5 Å². The molecule has 0 radical (unpaired) electrons. The summed E-state index contributed by atoms with van der Waals surface area (Å²) in [5.74, 6) is -0.743. The van der Waals surface area contributed by atoms with Gasteiger partial charge in [0.05, 0.1) is 4.90 Å². The van der Waals surface area contributed by atoms with E-state index in [4.69, 9.17) is 0 Å². The Morgan fingerprint density at radius 1 is 0.889 bits per heavy atom. The maximum absolute atomic E-state index is 13.4. The Hall–Kier alpha value is -2.98. The number of hydrogen-bond acceptors (Lipinski definition) is 5. The van der Waals surface area contributed by atoms with E-state index in [2.05, 4.69) is 10.2 Å². The molecular formula is C26H33FN4O4S. The van der Waals surface area contributed by atoms with Crippen LogP contribution in [0, 0.1) is 11.7 Å². The van der Waals surface area contributed by atoms with E-state index < -0.39 is 10.0 Å². The lowest BCUT2D eigenvalue weighted by Crippen LogP contribution is -2.50. The SMILES string of the molecule is O=C1CCN(S(=O)(=O)c2ccccc2)CCCC(C(=O)N2CCN(c3ccc(F)cc3)CC2)CCN1. The molecule has 0 aliphatic carbocycles. The standard InChI is InChI=1S/C26H33FN4O4S/c27-22-8-10-23(11-9-22)29-17-19-30(20-18-29)26(33)21-5-4-15-31(16-13-25(32)28-14-12-21)36(34,35)24-6-2-1-3-7-24/h1-3,6-11,21H,4-5,12-20H2,(H,28,32). The predicted molar refractivity (Wildman–Crippen MR) is 135 cm³/mol. The van der Waals surface area contributed by atoms with E-state index in [9.17, 15) is 22.4 Å². The molecule has 2 aromatic carbocycles. The van der Waals surface area contributed by atoms with E-state index in [0.29, 0.717) is 52.0 Å². The number of halogens is 1. The second kappa shape index (κ2) is 11.8. The smallest absolute Gasteiger partial charge is 0.243 e. The molecule has 2 aliphatic heterocycles. The van der Waals surface area contributed by atoms with Crippen molar-refractivity contribution in [3.05, 3.63) is 60.4 Å². The van der Waals surface area contributed by atoms with E-state index in [0.717, 1.165) is 5.69 Å². The summed E-state index contributed by atoms with van der Waals surface area (Å²) in [7, 11) is -3.73. The summed E-state index contributed by atoms with van der Waals surface area (Å²) in [6.45, 7) is 3.19. The number of anilines is 1. The number of nitrogens with zero attached hydrogens (tertiary/aromatic N) is 3. The van der Waals surface area contributed by atoms with Crippen LogP contribution in [-0.4, -0.2) is 75.3 Å². The molecule has 1 N–H and O–H groups in total. The van der Waals surface area contributed by atoms with Crippen molar-refractivity contribution in [2.24, 2.45) is 5.92 Å². The van der Waals surface area contributed by atoms with Gasteiger partial charge < -0.3 is 15.1 Å². The van der Waals surface area contributed by atoms with Gasteiger partial charge >= 0.3 is 0 Å². The van der Waals surface area contributed by atoms with Gasteiger partial charge in [0, 0.05) is 63.8 Å². The average Bonchev–Trinajstić information content (AvgIpc) is 2.94. The normalized spacial score (nSPS) is 20.9. The largest absolute Gasteiger partial charge is 0.368 e. The number of benzene rings is 2. The van der Waals surface area contributed by atoms with Crippen molar-refractivity contribution in [3.8, 4) is 0 Å². The number of rotatable bonds is 4. The molecule has 8 nitrogen and oxygen atoms in total. The predicted octanol–water partition coefficient (Wildman–Crippen LogP) is 2.47. The van der Waals surface area contributed by atoms with E-state index in [1.807, 2.05) is 4.90 Å². The Morgan fingerprint density at radius 2 is 1.58 bits per heavy atom. The van der Waals surface area contributed by atoms with Crippen LogP contribution in [0.5, 0.6) is 0 Å². The van der Waals surface area contributed by atoms with Crippen molar-refractivity contribution in [3.63, 3.8) is 0 Å². The van der Waals surface area contributed by atoms with Crippen molar-refractivity contribution < 1.29 is 22.4 Å². The second-order valence-corrected chi connectivity index (χ2v) is 11.2. The number of amides is 2. The Morgan fingerprint density at radius 3 is 2.28 bits per heavy atom. The molecule has 2 aliphatic rings. The zero-order chi connectivity index (χ0) is 25.5. The molecule has 0 aromatic heterocycles. The number of carbonyl (C=O) groups is 2. The van der Waals surface area contributed by atoms with Gasteiger partial charge in [-0.25, -0.2) is 12.8 Å². The lowest BCUT2D eigenvalue weighted by molar-refractivity contribution is -0.136. The fourth-order valence-electron chi connectivity index (χ4n) is 4.79. The molecule has 2 saturated heterocycles. The van der Waals surface area contributed by atoms with Crippen LogP contribution >= 0.6 is 0 Å². The molecule has 1 unspecified atom stereocenters. The lowest BCUT2D eigenvalue weighted by atomic mass is 9.97. The van der Waals surface area contributed by atoms with Crippen molar-refractivity contribution in [1.29, 1.82) is 0 Å². The van der Waals surface area contributed by atoms with E-state index in [1.54, 1.807) is 42.5 Å². The van der Waals surface area contributed by atoms with Crippen LogP contribution in [0.3, 0.4) is 0 Å². The molecule has 1 atom stereocenters. The van der Waals surface area contributed by atoms with Crippen molar-refractivity contribution >= 4 is 27.5 Å². The molecule has 2 aromatic rings. The Labute approximate surface area is 212 Å². The molecule has 2 heterocycles. The first-order valence-corrected chi connectivity index (χ1v) is 13.9. The van der Waals surface area contributed by atoms with E-state index >= 15 is 0 Å². The third-order valence-electron chi connectivity index (χ3n) is 6.88. The van der Waals surface area contributed by atoms with Gasteiger partial charge in [-0.2, -0.15) is 4.31 Å². The highest BCUT2D eigenvalue weighted by Crippen LogP contribution is 2.22. The maximum Gasteiger partial charge on any atom is 0.243 e. The fourth-order valence-corrected chi connectivity index (χ4v) is 6.29. The number of sulfonamides is 1. The van der Waals surface area contributed by atoms with Crippen LogP contribution in [0.15, 0.2) is 59.5 Å². The number of hydrogen-bond donors (Lipinski definition) is 1. The third kappa shape index (κ3) is 6.41. The molecule has 10 heteroatoms. The monoisotopic (exact) mass is 516 g/mol. The molecule has 4 rings (SSSR count). The van der Waals surface area contributed by atoms with Crippen molar-refractivity contribution in [2.45, 2.75) is 30.6 Å². The third-order valence-corrected chi connectivity index (χ3v) is 8.79. The Bertz CT molecular complexity index is 1140. The fraction of sp³-hybridized carbons (Fsp3) is 0.462. The molecule has 194 valence electrons. The first-order chi connectivity index (χ1) is 17.3. The molecule has 36 heavy (non-hydrogen) atoms. The highest BCUT2D eigenvalue weighted by Gasteiger charge is 2.30. The lowest BCUT2D eigenvalue weighted by Gasteiger charge is -2.37. The first kappa shape index (κ1) is 26.1. The summed E-state index contributed by atoms with van der Waals surface area (Å²) in [6, 6.07) is 14.6. The van der Waals surface area contributed by atoms with Gasteiger partial charge in [-0.3, -0.25) is 9.59 Å². The molecule has 0 bridgehead atoms. The summed E-state index contributed by atoms with van der Waals surface area (Å²) >= 11 is 0. The zero-order valence-electron chi connectivity index (χ0n) is 20.3. The first-order valence-electron chi connectivity index (χ1n) is 12.5. The minimum Gasteiger partial charge on any atom is -0.368 e. The molecular weight excluding hydrogens is 483 g/mol. The minimum atomic E-state index is -3.73. The van der Waals surface area contributed by atoms with Crippen molar-refractivity contribution in [2.75, 3.05) is 50.7 Å². The van der Waals surface area contributed by atoms with E-state index in [1.165, 1.54) is 16.4 Å².